The number of aryl methyl sites for hydroxylation is 1. The van der Waals surface area contributed by atoms with Crippen molar-refractivity contribution in [2.75, 3.05) is 11.5 Å². The molecule has 0 spiro atoms. The Morgan fingerprint density at radius 1 is 1.22 bits per heavy atom. The Morgan fingerprint density at radius 2 is 1.91 bits per heavy atom. The summed E-state index contributed by atoms with van der Waals surface area (Å²) in [4.78, 5) is 0. The van der Waals surface area contributed by atoms with Crippen LogP contribution in [-0.2, 0) is 19.9 Å². The first-order valence-corrected chi connectivity index (χ1v) is 11.3. The summed E-state index contributed by atoms with van der Waals surface area (Å²) in [5.74, 6) is -0.270. The van der Waals surface area contributed by atoms with Crippen molar-refractivity contribution in [2.45, 2.75) is 56.4 Å². The van der Waals surface area contributed by atoms with Crippen LogP contribution in [0.5, 0.6) is 0 Å². The van der Waals surface area contributed by atoms with E-state index in [4.69, 9.17) is 0 Å². The van der Waals surface area contributed by atoms with E-state index in [-0.39, 0.29) is 24.0 Å². The van der Waals surface area contributed by atoms with Crippen molar-refractivity contribution in [3.8, 4) is 0 Å². The van der Waals surface area contributed by atoms with Crippen molar-refractivity contribution in [2.24, 2.45) is 0 Å². The molecule has 0 bridgehead atoms. The Labute approximate surface area is 137 Å². The largest absolute Gasteiger partial charge is 0.269 e. The van der Waals surface area contributed by atoms with E-state index in [1.807, 2.05) is 24.0 Å². The number of nitrogens with zero attached hydrogens (tertiary/aromatic N) is 2. The van der Waals surface area contributed by atoms with Crippen LogP contribution in [0.2, 0.25) is 0 Å². The summed E-state index contributed by atoms with van der Waals surface area (Å²) in [6, 6.07) is 0.215. The van der Waals surface area contributed by atoms with E-state index >= 15 is 0 Å². The van der Waals surface area contributed by atoms with Crippen molar-refractivity contribution in [1.82, 2.24) is 14.5 Å². The Kier molecular flexibility index (Phi) is 4.54. The maximum Gasteiger partial charge on any atom is 0.215 e. The minimum absolute atomic E-state index is 0.0238. The highest BCUT2D eigenvalue weighted by molar-refractivity contribution is 7.95. The van der Waals surface area contributed by atoms with Crippen LogP contribution in [0.15, 0.2) is 12.4 Å². The normalized spacial score (nSPS) is 31.3. The molecule has 130 valence electrons. The van der Waals surface area contributed by atoms with Gasteiger partial charge in [0.05, 0.1) is 29.0 Å². The summed E-state index contributed by atoms with van der Waals surface area (Å²) < 4.78 is 52.4. The Bertz CT molecular complexity index is 762. The van der Waals surface area contributed by atoms with Gasteiger partial charge in [0.15, 0.2) is 9.84 Å². The highest BCUT2D eigenvalue weighted by Gasteiger charge is 2.38. The molecule has 3 rings (SSSR count). The maximum atomic E-state index is 12.4. The number of sulfone groups is 1. The zero-order chi connectivity index (χ0) is 16.7. The minimum Gasteiger partial charge on any atom is -0.269 e. The number of aromatic nitrogens is 2. The molecule has 2 aliphatic rings. The first-order valence-electron chi connectivity index (χ1n) is 7.97. The molecule has 0 radical (unpaired) electrons. The second-order valence-electron chi connectivity index (χ2n) is 6.69. The van der Waals surface area contributed by atoms with Gasteiger partial charge in [-0.25, -0.2) is 21.6 Å². The van der Waals surface area contributed by atoms with Crippen molar-refractivity contribution < 1.29 is 16.8 Å². The highest BCUT2D eigenvalue weighted by Crippen LogP contribution is 2.29. The van der Waals surface area contributed by atoms with Crippen molar-refractivity contribution in [3.63, 3.8) is 0 Å². The quantitative estimate of drug-likeness (QED) is 0.855. The van der Waals surface area contributed by atoms with E-state index in [1.54, 1.807) is 0 Å². The molecule has 7 nitrogen and oxygen atoms in total. The fourth-order valence-electron chi connectivity index (χ4n) is 3.43. The molecular weight excluding hydrogens is 338 g/mol. The maximum absolute atomic E-state index is 12.4. The fraction of sp³-hybridized carbons (Fsp3) is 0.786. The zero-order valence-electron chi connectivity index (χ0n) is 13.2. The van der Waals surface area contributed by atoms with Crippen LogP contribution < -0.4 is 4.72 Å². The van der Waals surface area contributed by atoms with Crippen LogP contribution in [0.3, 0.4) is 0 Å². The minimum atomic E-state index is -3.56. The van der Waals surface area contributed by atoms with Gasteiger partial charge in [-0.05, 0) is 44.6 Å². The summed E-state index contributed by atoms with van der Waals surface area (Å²) in [5.41, 5.74) is 1.12. The lowest BCUT2D eigenvalue weighted by atomic mass is 9.92. The number of nitrogens with one attached hydrogen (secondary N) is 1. The molecule has 9 heteroatoms. The van der Waals surface area contributed by atoms with Crippen LogP contribution in [0.4, 0.5) is 0 Å². The van der Waals surface area contributed by atoms with Crippen LogP contribution >= 0.6 is 0 Å². The molecule has 1 N–H and O–H groups in total. The van der Waals surface area contributed by atoms with Gasteiger partial charge in [-0.3, -0.25) is 4.68 Å². The summed E-state index contributed by atoms with van der Waals surface area (Å²) in [5, 5.41) is 3.54. The molecule has 1 atom stereocenters. The lowest BCUT2D eigenvalue weighted by Gasteiger charge is -2.29. The SMILES string of the molecule is Cc1cnn(C2CCC(NS(=O)(=O)C3CCS(=O)(=O)C3)CC2)c1. The number of rotatable bonds is 4. The molecule has 0 amide bonds. The van der Waals surface area contributed by atoms with Crippen LogP contribution in [0.1, 0.15) is 43.7 Å². The molecule has 1 unspecified atom stereocenters. The van der Waals surface area contributed by atoms with E-state index in [1.165, 1.54) is 0 Å². The van der Waals surface area contributed by atoms with Crippen LogP contribution in [-0.4, -0.2) is 49.4 Å². The smallest absolute Gasteiger partial charge is 0.215 e. The third-order valence-electron chi connectivity index (χ3n) is 4.76. The first kappa shape index (κ1) is 16.9. The number of hydrogen-bond donors (Lipinski definition) is 1. The predicted molar refractivity (Wildman–Crippen MR) is 87.4 cm³/mol. The zero-order valence-corrected chi connectivity index (χ0v) is 14.8. The number of sulfonamides is 1. The second-order valence-corrected chi connectivity index (χ2v) is 10.9. The topological polar surface area (TPSA) is 98.1 Å². The lowest BCUT2D eigenvalue weighted by Crippen LogP contribution is -2.43. The van der Waals surface area contributed by atoms with Gasteiger partial charge in [0, 0.05) is 12.2 Å². The van der Waals surface area contributed by atoms with Gasteiger partial charge in [-0.1, -0.05) is 0 Å². The lowest BCUT2D eigenvalue weighted by molar-refractivity contribution is 0.293. The van der Waals surface area contributed by atoms with Gasteiger partial charge < -0.3 is 0 Å². The monoisotopic (exact) mass is 361 g/mol. The summed E-state index contributed by atoms with van der Waals surface area (Å²) in [7, 11) is -6.75. The molecular formula is C14H23N3O4S2. The average Bonchev–Trinajstić information content (AvgIpc) is 3.05. The molecule has 2 heterocycles. The molecule has 1 aromatic heterocycles. The van der Waals surface area contributed by atoms with Gasteiger partial charge in [-0.15, -0.1) is 0 Å². The molecule has 2 fully saturated rings. The third kappa shape index (κ3) is 3.95. The molecule has 1 aliphatic heterocycles. The summed E-state index contributed by atoms with van der Waals surface area (Å²) in [6.45, 7) is 2.00. The van der Waals surface area contributed by atoms with Crippen molar-refractivity contribution >= 4 is 19.9 Å². The predicted octanol–water partition coefficient (Wildman–Crippen LogP) is 0.782. The Balaban J connectivity index is 1.56. The van der Waals surface area contributed by atoms with E-state index in [0.717, 1.165) is 31.2 Å². The Morgan fingerprint density at radius 3 is 2.43 bits per heavy atom. The van der Waals surface area contributed by atoms with Crippen molar-refractivity contribution in [3.05, 3.63) is 18.0 Å². The van der Waals surface area contributed by atoms with E-state index < -0.39 is 25.1 Å². The molecule has 1 aliphatic carbocycles. The van der Waals surface area contributed by atoms with Gasteiger partial charge >= 0.3 is 0 Å². The number of hydrogen-bond acceptors (Lipinski definition) is 5. The van der Waals surface area contributed by atoms with Crippen LogP contribution in [0.25, 0.3) is 0 Å². The molecule has 0 aromatic carbocycles. The van der Waals surface area contributed by atoms with Gasteiger partial charge in [0.25, 0.3) is 0 Å². The second kappa shape index (κ2) is 6.18. The van der Waals surface area contributed by atoms with Crippen molar-refractivity contribution in [1.29, 1.82) is 0 Å². The standard InChI is InChI=1S/C14H23N3O4S2/c1-11-8-15-17(9-11)13-4-2-12(3-5-13)16-23(20,21)14-6-7-22(18,19)10-14/h8-9,12-14,16H,2-7,10H2,1H3. The van der Waals surface area contributed by atoms with E-state index in [9.17, 15) is 16.8 Å². The third-order valence-corrected chi connectivity index (χ3v) is 8.68. The molecule has 1 saturated carbocycles. The van der Waals surface area contributed by atoms with Crippen LogP contribution in [0, 0.1) is 6.92 Å². The van der Waals surface area contributed by atoms with E-state index in [0.29, 0.717) is 6.04 Å². The summed E-state index contributed by atoms with van der Waals surface area (Å²) >= 11 is 0. The van der Waals surface area contributed by atoms with Gasteiger partial charge in [0.2, 0.25) is 10.0 Å². The van der Waals surface area contributed by atoms with Gasteiger partial charge in [-0.2, -0.15) is 5.10 Å². The molecule has 1 saturated heterocycles. The highest BCUT2D eigenvalue weighted by atomic mass is 32.2. The molecule has 23 heavy (non-hydrogen) atoms. The average molecular weight is 361 g/mol. The summed E-state index contributed by atoms with van der Waals surface area (Å²) in [6.07, 6.45) is 7.30. The Hall–Kier alpha value is -0.930. The first-order chi connectivity index (χ1) is 10.8. The fourth-order valence-corrected chi connectivity index (χ4v) is 7.78. The van der Waals surface area contributed by atoms with E-state index in [2.05, 4.69) is 9.82 Å². The van der Waals surface area contributed by atoms with Gasteiger partial charge in [0.1, 0.15) is 0 Å². The molecule has 1 aromatic rings.